The minimum atomic E-state index is -3.88. The molecule has 0 saturated carbocycles. The van der Waals surface area contributed by atoms with Crippen molar-refractivity contribution in [3.8, 4) is 0 Å². The van der Waals surface area contributed by atoms with Gasteiger partial charge < -0.3 is 0 Å². The Labute approximate surface area is 175 Å². The summed E-state index contributed by atoms with van der Waals surface area (Å²) in [5.41, 5.74) is 2.28. The largest absolute Gasteiger partial charge is 0.290 e. The molecule has 0 aliphatic carbocycles. The lowest BCUT2D eigenvalue weighted by Crippen LogP contribution is -2.49. The molecule has 3 aromatic rings. The van der Waals surface area contributed by atoms with Gasteiger partial charge in [0, 0.05) is 26.2 Å². The van der Waals surface area contributed by atoms with Crippen molar-refractivity contribution in [3.63, 3.8) is 0 Å². The van der Waals surface area contributed by atoms with Crippen molar-refractivity contribution in [1.29, 1.82) is 0 Å². The average Bonchev–Trinajstić information content (AvgIpc) is 2.78. The van der Waals surface area contributed by atoms with E-state index in [1.165, 1.54) is 4.31 Å². The predicted molar refractivity (Wildman–Crippen MR) is 111 cm³/mol. The van der Waals surface area contributed by atoms with E-state index in [1.54, 1.807) is 0 Å². The summed E-state index contributed by atoms with van der Waals surface area (Å²) in [6.45, 7) is 1.60. The Kier molecular flexibility index (Phi) is 5.94. The monoisotopic (exact) mass is 428 g/mol. The van der Waals surface area contributed by atoms with Gasteiger partial charge in [0.1, 0.15) is 0 Å². The second-order valence-corrected chi connectivity index (χ2v) is 9.18. The van der Waals surface area contributed by atoms with Crippen LogP contribution in [-0.2, 0) is 10.0 Å². The first-order chi connectivity index (χ1) is 14.5. The molecule has 4 nitrogen and oxygen atoms in total. The van der Waals surface area contributed by atoms with Crippen LogP contribution in [0.1, 0.15) is 17.2 Å². The predicted octanol–water partition coefficient (Wildman–Crippen LogP) is 4.06. The lowest BCUT2D eigenvalue weighted by atomic mass is 9.96. The molecule has 7 heteroatoms. The molecule has 4 rings (SSSR count). The van der Waals surface area contributed by atoms with Gasteiger partial charge in [0.25, 0.3) is 0 Å². The Morgan fingerprint density at radius 1 is 0.700 bits per heavy atom. The molecular weight excluding hydrogens is 406 g/mol. The Morgan fingerprint density at radius 3 is 1.73 bits per heavy atom. The molecule has 1 aliphatic heterocycles. The van der Waals surface area contributed by atoms with Crippen LogP contribution in [0.3, 0.4) is 0 Å². The first-order valence-electron chi connectivity index (χ1n) is 9.76. The molecule has 0 radical (unpaired) electrons. The maximum atomic E-state index is 13.6. The van der Waals surface area contributed by atoms with Crippen LogP contribution in [0.5, 0.6) is 0 Å². The number of sulfonamides is 1. The zero-order chi connectivity index (χ0) is 21.1. The van der Waals surface area contributed by atoms with E-state index in [0.29, 0.717) is 13.1 Å². The van der Waals surface area contributed by atoms with Crippen molar-refractivity contribution in [1.82, 2.24) is 9.21 Å². The molecular formula is C23H22F2N2O2S. The molecule has 1 fully saturated rings. The number of piperazine rings is 1. The van der Waals surface area contributed by atoms with E-state index < -0.39 is 21.7 Å². The van der Waals surface area contributed by atoms with E-state index in [-0.39, 0.29) is 24.0 Å². The number of benzene rings is 3. The number of hydrogen-bond acceptors (Lipinski definition) is 3. The summed E-state index contributed by atoms with van der Waals surface area (Å²) in [5.74, 6) is -2.23. The molecule has 1 heterocycles. The fraction of sp³-hybridized carbons (Fsp3) is 0.217. The van der Waals surface area contributed by atoms with Crippen LogP contribution >= 0.6 is 0 Å². The summed E-state index contributed by atoms with van der Waals surface area (Å²) in [6, 6.07) is 22.9. The highest BCUT2D eigenvalue weighted by Crippen LogP contribution is 2.30. The van der Waals surface area contributed by atoms with E-state index in [0.717, 1.165) is 29.3 Å². The summed E-state index contributed by atoms with van der Waals surface area (Å²) in [5, 5.41) is 0. The summed E-state index contributed by atoms with van der Waals surface area (Å²) >= 11 is 0. The van der Waals surface area contributed by atoms with E-state index in [9.17, 15) is 17.2 Å². The highest BCUT2D eigenvalue weighted by atomic mass is 32.2. The lowest BCUT2D eigenvalue weighted by Gasteiger charge is -2.39. The highest BCUT2D eigenvalue weighted by molar-refractivity contribution is 7.89. The van der Waals surface area contributed by atoms with Gasteiger partial charge >= 0.3 is 0 Å². The van der Waals surface area contributed by atoms with E-state index >= 15 is 0 Å². The number of rotatable bonds is 5. The molecule has 156 valence electrons. The second-order valence-electron chi connectivity index (χ2n) is 7.24. The van der Waals surface area contributed by atoms with Crippen LogP contribution in [0.25, 0.3) is 0 Å². The van der Waals surface area contributed by atoms with Gasteiger partial charge in [-0.25, -0.2) is 17.2 Å². The van der Waals surface area contributed by atoms with Crippen molar-refractivity contribution in [3.05, 3.63) is 102 Å². The van der Waals surface area contributed by atoms with Gasteiger partial charge in [0.15, 0.2) is 11.6 Å². The molecule has 0 amide bonds. The van der Waals surface area contributed by atoms with Crippen molar-refractivity contribution in [2.24, 2.45) is 0 Å². The smallest absolute Gasteiger partial charge is 0.243 e. The van der Waals surface area contributed by atoms with Gasteiger partial charge in [-0.3, -0.25) is 4.90 Å². The average molecular weight is 429 g/mol. The van der Waals surface area contributed by atoms with Crippen LogP contribution in [0.2, 0.25) is 0 Å². The molecule has 1 aliphatic rings. The molecule has 0 N–H and O–H groups in total. The SMILES string of the molecule is O=S(=O)(c1ccc(F)c(F)c1)N1CCN(C(c2ccccc2)c2ccccc2)CC1. The molecule has 0 aromatic heterocycles. The molecule has 0 bridgehead atoms. The first-order valence-corrected chi connectivity index (χ1v) is 11.2. The number of nitrogens with zero attached hydrogens (tertiary/aromatic N) is 2. The Hall–Kier alpha value is -2.61. The standard InChI is InChI=1S/C23H22F2N2O2S/c24-21-12-11-20(17-22(21)25)30(28,29)27-15-13-26(14-16-27)23(18-7-3-1-4-8-18)19-9-5-2-6-10-19/h1-12,17,23H,13-16H2. The van der Waals surface area contributed by atoms with E-state index in [4.69, 9.17) is 0 Å². The maximum absolute atomic E-state index is 13.6. The number of halogens is 2. The van der Waals surface area contributed by atoms with E-state index in [2.05, 4.69) is 29.2 Å². The molecule has 0 atom stereocenters. The first kappa shape index (κ1) is 20.7. The lowest BCUT2D eigenvalue weighted by molar-refractivity contribution is 0.156. The van der Waals surface area contributed by atoms with Gasteiger partial charge in [-0.15, -0.1) is 0 Å². The second kappa shape index (κ2) is 8.63. The summed E-state index contributed by atoms with van der Waals surface area (Å²) in [4.78, 5) is 2.03. The van der Waals surface area contributed by atoms with Gasteiger partial charge in [-0.2, -0.15) is 4.31 Å². The maximum Gasteiger partial charge on any atom is 0.243 e. The third kappa shape index (κ3) is 4.14. The minimum Gasteiger partial charge on any atom is -0.290 e. The van der Waals surface area contributed by atoms with Crippen molar-refractivity contribution >= 4 is 10.0 Å². The Balaban J connectivity index is 1.55. The molecule has 30 heavy (non-hydrogen) atoms. The fourth-order valence-corrected chi connectivity index (χ4v) is 5.31. The summed E-state index contributed by atoms with van der Waals surface area (Å²) in [7, 11) is -3.88. The third-order valence-corrected chi connectivity index (χ3v) is 7.29. The summed E-state index contributed by atoms with van der Waals surface area (Å²) < 4.78 is 53.9. The van der Waals surface area contributed by atoms with Gasteiger partial charge in [0.2, 0.25) is 10.0 Å². The quantitative estimate of drug-likeness (QED) is 0.615. The zero-order valence-electron chi connectivity index (χ0n) is 16.3. The minimum absolute atomic E-state index is 0.0144. The molecule has 3 aromatic carbocycles. The van der Waals surface area contributed by atoms with Crippen molar-refractivity contribution in [2.75, 3.05) is 26.2 Å². The van der Waals surface area contributed by atoms with E-state index in [1.807, 2.05) is 36.4 Å². The van der Waals surface area contributed by atoms with Crippen LogP contribution in [-0.4, -0.2) is 43.8 Å². The molecule has 0 unspecified atom stereocenters. The number of hydrogen-bond donors (Lipinski definition) is 0. The van der Waals surface area contributed by atoms with Crippen LogP contribution in [0.15, 0.2) is 83.8 Å². The Bertz CT molecular complexity index is 1060. The van der Waals surface area contributed by atoms with Gasteiger partial charge in [-0.05, 0) is 29.3 Å². The Morgan fingerprint density at radius 2 is 1.23 bits per heavy atom. The fourth-order valence-electron chi connectivity index (χ4n) is 3.87. The van der Waals surface area contributed by atoms with Gasteiger partial charge in [0.05, 0.1) is 10.9 Å². The summed E-state index contributed by atoms with van der Waals surface area (Å²) in [6.07, 6.45) is 0. The van der Waals surface area contributed by atoms with Gasteiger partial charge in [-0.1, -0.05) is 60.7 Å². The molecule has 0 spiro atoms. The normalized spacial score (nSPS) is 16.1. The molecule has 1 saturated heterocycles. The topological polar surface area (TPSA) is 40.6 Å². The van der Waals surface area contributed by atoms with Crippen LogP contribution in [0, 0.1) is 11.6 Å². The zero-order valence-corrected chi connectivity index (χ0v) is 17.1. The van der Waals surface area contributed by atoms with Crippen LogP contribution in [0.4, 0.5) is 8.78 Å². The highest BCUT2D eigenvalue weighted by Gasteiger charge is 2.32. The van der Waals surface area contributed by atoms with Crippen molar-refractivity contribution < 1.29 is 17.2 Å². The third-order valence-electron chi connectivity index (χ3n) is 5.40. The van der Waals surface area contributed by atoms with Crippen molar-refractivity contribution in [2.45, 2.75) is 10.9 Å². The van der Waals surface area contributed by atoms with Crippen LogP contribution < -0.4 is 0 Å².